The molecule has 29 heteroatoms. The second-order valence-electron chi connectivity index (χ2n) is 30.5. The highest BCUT2D eigenvalue weighted by atomic mass is 19.1. The molecule has 9 aromatic rings. The summed E-state index contributed by atoms with van der Waals surface area (Å²) in [6.45, 7) is 27.0. The molecule has 3 aromatic heterocycles. The number of alkyl halides is 1. The molecular formula is C88H104FN17O11. The number of likely N-dealkylation sites (tertiary alicyclic amines) is 1. The number of rotatable bonds is 21. The van der Waals surface area contributed by atoms with Crippen LogP contribution in [0.4, 0.5) is 38.9 Å². The minimum absolute atomic E-state index is 0.0557. The highest BCUT2D eigenvalue weighted by Crippen LogP contribution is 2.42. The van der Waals surface area contributed by atoms with Gasteiger partial charge in [-0.15, -0.1) is 0 Å². The predicted molar refractivity (Wildman–Crippen MR) is 451 cm³/mol. The van der Waals surface area contributed by atoms with Crippen LogP contribution in [0.15, 0.2) is 147 Å². The number of phenols is 3. The quantitative estimate of drug-likeness (QED) is 0.0488. The second-order valence-corrected chi connectivity index (χ2v) is 30.5. The van der Waals surface area contributed by atoms with E-state index in [4.69, 9.17) is 44.1 Å². The number of piperazine rings is 3. The number of aromatic hydroxyl groups is 3. The first-order chi connectivity index (χ1) is 56.8. The molecule has 3 atom stereocenters. The van der Waals surface area contributed by atoms with Crippen LogP contribution in [0.1, 0.15) is 66.9 Å². The van der Waals surface area contributed by atoms with Gasteiger partial charge in [-0.05, 0) is 91.1 Å². The molecule has 4 saturated heterocycles. The number of aromatic nitrogens is 6. The van der Waals surface area contributed by atoms with Crippen molar-refractivity contribution in [2.45, 2.75) is 90.3 Å². The van der Waals surface area contributed by atoms with Crippen LogP contribution in [-0.2, 0) is 58.1 Å². The van der Waals surface area contributed by atoms with Crippen molar-refractivity contribution in [1.29, 1.82) is 0 Å². The van der Waals surface area contributed by atoms with Crippen LogP contribution in [0, 0.1) is 0 Å². The Morgan fingerprint density at radius 2 is 0.880 bits per heavy atom. The molecule has 0 bridgehead atoms. The van der Waals surface area contributed by atoms with E-state index in [0.717, 1.165) is 146 Å². The van der Waals surface area contributed by atoms with E-state index >= 15 is 0 Å². The van der Waals surface area contributed by atoms with E-state index in [-0.39, 0.29) is 53.5 Å². The average Bonchev–Trinajstić information content (AvgIpc) is 1.23. The van der Waals surface area contributed by atoms with Crippen LogP contribution < -0.4 is 43.6 Å². The topological polar surface area (TPSA) is 290 Å². The number of fused-ring (bicyclic) bond motifs is 6. The number of aliphatic hydroxyl groups excluding tert-OH is 1. The molecule has 614 valence electrons. The number of phenolic OH excluding ortho intramolecular Hbond substituents is 3. The smallest absolute Gasteiger partial charge is 0.318 e. The van der Waals surface area contributed by atoms with E-state index in [2.05, 4.69) is 72.2 Å². The molecule has 0 spiro atoms. The van der Waals surface area contributed by atoms with Gasteiger partial charge in [0.1, 0.15) is 53.5 Å². The lowest BCUT2D eigenvalue weighted by Crippen LogP contribution is -2.60. The van der Waals surface area contributed by atoms with Crippen molar-refractivity contribution in [3.05, 3.63) is 181 Å². The molecule has 117 heavy (non-hydrogen) atoms. The number of ether oxygens (including phenoxy) is 3. The van der Waals surface area contributed by atoms with Gasteiger partial charge < -0.3 is 83.6 Å². The number of likely N-dealkylation sites (N-methyl/N-ethyl adjacent to an activating group) is 1. The van der Waals surface area contributed by atoms with Crippen LogP contribution in [0.25, 0.3) is 32.3 Å². The van der Waals surface area contributed by atoms with Crippen molar-refractivity contribution in [1.82, 2.24) is 54.4 Å². The van der Waals surface area contributed by atoms with Gasteiger partial charge in [0.25, 0.3) is 0 Å². The molecule has 10 heterocycles. The van der Waals surface area contributed by atoms with Crippen LogP contribution in [0.2, 0.25) is 0 Å². The zero-order chi connectivity index (χ0) is 82.0. The SMILES string of the molecule is C=CC(=O)N1CCN(c2nc(OCCC)nc3c2CCN(c2cc(O)cc4ccccc24)C3)CC1C(=O)N(C)C.C=CC(=O)N1CCN(c2nc(OCCC)nc3c2CCN(c2cc(O)cc4ccccc24)C3)CC1CO.C=CC(=O)N1CCN(c2nc(OCCN3CCC(F)C3)nc3c2CCN(c2cc(O)cc4ccccc24)C3)CC1. The van der Waals surface area contributed by atoms with Gasteiger partial charge in [0.2, 0.25) is 23.6 Å². The number of benzene rings is 6. The van der Waals surface area contributed by atoms with Crippen molar-refractivity contribution in [3.8, 4) is 35.3 Å². The molecule has 4 fully saturated rings. The molecule has 7 aliphatic rings. The van der Waals surface area contributed by atoms with Gasteiger partial charge in [0, 0.05) is 187 Å². The Bertz CT molecular complexity index is 5160. The Kier molecular flexibility index (Phi) is 25.6. The van der Waals surface area contributed by atoms with Gasteiger partial charge in [-0.2, -0.15) is 29.9 Å². The number of nitrogens with zero attached hydrogens (tertiary/aromatic N) is 17. The third-order valence-electron chi connectivity index (χ3n) is 22.7. The van der Waals surface area contributed by atoms with Gasteiger partial charge in [0.05, 0.1) is 62.6 Å². The monoisotopic (exact) mass is 1590 g/mol. The summed E-state index contributed by atoms with van der Waals surface area (Å²) in [5.41, 5.74) is 8.70. The third kappa shape index (κ3) is 18.3. The number of hydrogen-bond acceptors (Lipinski definition) is 24. The Morgan fingerprint density at radius 1 is 0.479 bits per heavy atom. The maximum absolute atomic E-state index is 13.6. The van der Waals surface area contributed by atoms with Crippen molar-refractivity contribution in [2.75, 3.05) is 175 Å². The number of carbonyl (C=O) groups is 4. The minimum Gasteiger partial charge on any atom is -0.508 e. The van der Waals surface area contributed by atoms with E-state index in [9.17, 15) is 44.0 Å². The average molecular weight is 1590 g/mol. The second kappa shape index (κ2) is 36.8. The van der Waals surface area contributed by atoms with Crippen LogP contribution in [0.5, 0.6) is 35.3 Å². The molecule has 0 radical (unpaired) electrons. The van der Waals surface area contributed by atoms with Crippen molar-refractivity contribution < 1.29 is 58.2 Å². The fourth-order valence-electron chi connectivity index (χ4n) is 16.8. The molecule has 7 aliphatic heterocycles. The Labute approximate surface area is 680 Å². The summed E-state index contributed by atoms with van der Waals surface area (Å²) in [6.07, 6.45) is 7.52. The van der Waals surface area contributed by atoms with Crippen molar-refractivity contribution in [3.63, 3.8) is 0 Å². The normalized spacial score (nSPS) is 18.1. The van der Waals surface area contributed by atoms with E-state index in [1.165, 1.54) is 23.1 Å². The number of carbonyl (C=O) groups excluding carboxylic acids is 4. The van der Waals surface area contributed by atoms with E-state index in [1.54, 1.807) is 53.1 Å². The lowest BCUT2D eigenvalue weighted by Gasteiger charge is -2.42. The summed E-state index contributed by atoms with van der Waals surface area (Å²) >= 11 is 0. The molecule has 4 amide bonds. The molecule has 0 saturated carbocycles. The van der Waals surface area contributed by atoms with Gasteiger partial charge in [-0.25, -0.2) is 4.39 Å². The first-order valence-corrected chi connectivity index (χ1v) is 40.5. The van der Waals surface area contributed by atoms with Crippen molar-refractivity contribution >= 4 is 90.5 Å². The van der Waals surface area contributed by atoms with Gasteiger partial charge in [0.15, 0.2) is 0 Å². The van der Waals surface area contributed by atoms with Gasteiger partial charge in [-0.1, -0.05) is 106 Å². The van der Waals surface area contributed by atoms with E-state index in [0.29, 0.717) is 155 Å². The van der Waals surface area contributed by atoms with Crippen LogP contribution in [0.3, 0.4) is 0 Å². The lowest BCUT2D eigenvalue weighted by atomic mass is 10.0. The fourth-order valence-corrected chi connectivity index (χ4v) is 16.8. The summed E-state index contributed by atoms with van der Waals surface area (Å²) in [5.74, 6) is 2.46. The summed E-state index contributed by atoms with van der Waals surface area (Å²) in [5, 5.41) is 47.4. The molecule has 28 nitrogen and oxygen atoms in total. The Morgan fingerprint density at radius 3 is 1.29 bits per heavy atom. The minimum atomic E-state index is -0.766. The van der Waals surface area contributed by atoms with Gasteiger partial charge in [-0.3, -0.25) is 24.1 Å². The van der Waals surface area contributed by atoms with Crippen molar-refractivity contribution in [2.24, 2.45) is 0 Å². The maximum atomic E-state index is 13.6. The summed E-state index contributed by atoms with van der Waals surface area (Å²) in [4.78, 5) is 101. The number of anilines is 6. The Hall–Kier alpha value is -12.1. The zero-order valence-electron chi connectivity index (χ0n) is 67.1. The summed E-state index contributed by atoms with van der Waals surface area (Å²) < 4.78 is 31.5. The van der Waals surface area contributed by atoms with E-state index < -0.39 is 12.2 Å². The van der Waals surface area contributed by atoms with Crippen LogP contribution >= 0.6 is 0 Å². The standard InChI is InChI=1S/C30H35FN6O3.C30H36N6O4.C28H33N5O4/c1-2-28(39)35-11-13-36(14-12-35)29-25-8-10-37(27-18-23(38)17-21-5-3-4-6-24(21)27)20-26(25)32-30(33-29)40-16-15-34-9-7-22(31)19-34;1-5-15-40-30-31-24-18-34(25-17-21(37)16-20-9-7-8-10-22(20)25)12-11-23(24)28(32-30)35-13-14-36(27(38)6-2)26(19-35)29(39)33(3)4;1-3-13-37-28-29-24-17-31(25-15-21(35)14-19-7-5-6-8-22(19)25)10-9-23(24)27(30-28)32-11-12-33(26(36)4-2)20(16-32)18-34/h2-6,17-18,22,38H,1,7-16,19-20H2;6-10,16-17,26,37H,2,5,11-15,18-19H2,1,3-4H3;4-8,14-15,20,34-35H,2-3,9-13,16-18H2,1H3. The number of aliphatic hydroxyl groups is 1. The largest absolute Gasteiger partial charge is 0.508 e. The molecule has 3 unspecified atom stereocenters. The third-order valence-corrected chi connectivity index (χ3v) is 22.7. The van der Waals surface area contributed by atoms with E-state index in [1.807, 2.05) is 80.6 Å². The fraction of sp³-hybridized carbons (Fsp3) is 0.409. The Balaban J connectivity index is 0.000000145. The molecule has 6 aromatic carbocycles. The highest BCUT2D eigenvalue weighted by molar-refractivity contribution is 5.98. The van der Waals surface area contributed by atoms with Gasteiger partial charge >= 0.3 is 18.0 Å². The first-order valence-electron chi connectivity index (χ1n) is 40.5. The molecular weight excluding hydrogens is 1490 g/mol. The number of amides is 4. The lowest BCUT2D eigenvalue weighted by molar-refractivity contribution is -0.142. The number of hydrogen-bond donors (Lipinski definition) is 4. The molecule has 4 N–H and O–H groups in total. The summed E-state index contributed by atoms with van der Waals surface area (Å²) in [6, 6.07) is 34.8. The highest BCUT2D eigenvalue weighted by Gasteiger charge is 2.40. The number of halogens is 1. The predicted octanol–water partition coefficient (Wildman–Crippen LogP) is 9.02. The zero-order valence-corrected chi connectivity index (χ0v) is 67.1. The maximum Gasteiger partial charge on any atom is 0.318 e. The molecule has 0 aliphatic carbocycles. The molecule has 16 rings (SSSR count). The summed E-state index contributed by atoms with van der Waals surface area (Å²) in [7, 11) is 3.39. The van der Waals surface area contributed by atoms with Crippen LogP contribution in [-0.4, -0.2) is 262 Å². The first kappa shape index (κ1) is 81.5.